The molecule has 0 spiro atoms. The number of terminal acetylenes is 1. The molecule has 1 saturated heterocycles. The molecule has 6 heteroatoms. The van der Waals surface area contributed by atoms with Crippen LogP contribution in [-0.4, -0.2) is 29.0 Å². The highest BCUT2D eigenvalue weighted by Gasteiger charge is 2.09. The molecule has 2 heterocycles. The summed E-state index contributed by atoms with van der Waals surface area (Å²) in [4.78, 5) is 21.1. The predicted molar refractivity (Wildman–Crippen MR) is 116 cm³/mol. The van der Waals surface area contributed by atoms with Crippen molar-refractivity contribution in [2.75, 3.05) is 23.7 Å². The second-order valence-electron chi connectivity index (χ2n) is 6.85. The Labute approximate surface area is 169 Å². The minimum absolute atomic E-state index is 0.116. The first kappa shape index (κ1) is 18.7. The minimum Gasteiger partial charge on any atom is -0.340 e. The molecule has 1 aliphatic rings. The second-order valence-corrected chi connectivity index (χ2v) is 6.85. The second kappa shape index (κ2) is 8.55. The summed E-state index contributed by atoms with van der Waals surface area (Å²) in [6, 6.07) is 13.1. The van der Waals surface area contributed by atoms with Crippen LogP contribution >= 0.6 is 0 Å². The van der Waals surface area contributed by atoms with Crippen molar-refractivity contribution in [2.24, 2.45) is 0 Å². The fourth-order valence-corrected chi connectivity index (χ4v) is 3.31. The van der Waals surface area contributed by atoms with Crippen molar-refractivity contribution < 1.29 is 4.79 Å². The molecule has 0 saturated carbocycles. The van der Waals surface area contributed by atoms with Crippen LogP contribution in [-0.2, 0) is 4.79 Å². The van der Waals surface area contributed by atoms with Crippen molar-refractivity contribution in [3.05, 3.63) is 66.0 Å². The maximum Gasteiger partial charge on any atom is 0.248 e. The predicted octanol–water partition coefficient (Wildman–Crippen LogP) is 3.60. The SMILES string of the molecule is C#Cc1cccc(Nc2ncnc3ccc(NC(=O)C=C4CCNCC4)cc23)c1. The third-order valence-corrected chi connectivity index (χ3v) is 4.78. The van der Waals surface area contributed by atoms with Gasteiger partial charge in [0.05, 0.1) is 5.52 Å². The van der Waals surface area contributed by atoms with Crippen LogP contribution in [0.3, 0.4) is 0 Å². The van der Waals surface area contributed by atoms with Gasteiger partial charge in [-0.15, -0.1) is 6.42 Å². The van der Waals surface area contributed by atoms with E-state index in [1.165, 1.54) is 11.9 Å². The molecule has 1 aromatic heterocycles. The fourth-order valence-electron chi connectivity index (χ4n) is 3.31. The lowest BCUT2D eigenvalue weighted by Gasteiger charge is -2.15. The van der Waals surface area contributed by atoms with E-state index in [1.54, 1.807) is 6.08 Å². The molecule has 0 aliphatic carbocycles. The van der Waals surface area contributed by atoms with Crippen LogP contribution in [0, 0.1) is 12.3 Å². The number of carbonyl (C=O) groups excluding carboxylic acids is 1. The van der Waals surface area contributed by atoms with E-state index in [2.05, 4.69) is 31.8 Å². The highest BCUT2D eigenvalue weighted by atomic mass is 16.1. The highest BCUT2D eigenvalue weighted by Crippen LogP contribution is 2.26. The van der Waals surface area contributed by atoms with Gasteiger partial charge in [-0.25, -0.2) is 9.97 Å². The summed E-state index contributed by atoms with van der Waals surface area (Å²) in [5.74, 6) is 3.16. The first-order valence-electron chi connectivity index (χ1n) is 9.51. The number of carbonyl (C=O) groups is 1. The number of fused-ring (bicyclic) bond motifs is 1. The smallest absolute Gasteiger partial charge is 0.248 e. The molecule has 2 aromatic carbocycles. The number of amides is 1. The van der Waals surface area contributed by atoms with Gasteiger partial charge in [0.15, 0.2) is 0 Å². The van der Waals surface area contributed by atoms with Crippen molar-refractivity contribution in [2.45, 2.75) is 12.8 Å². The lowest BCUT2D eigenvalue weighted by molar-refractivity contribution is -0.112. The van der Waals surface area contributed by atoms with Gasteiger partial charge in [0.1, 0.15) is 12.1 Å². The van der Waals surface area contributed by atoms with Crippen LogP contribution in [0.2, 0.25) is 0 Å². The number of nitrogens with one attached hydrogen (secondary N) is 3. The number of anilines is 3. The molecule has 29 heavy (non-hydrogen) atoms. The van der Waals surface area contributed by atoms with Crippen molar-refractivity contribution >= 4 is 34.0 Å². The molecule has 4 rings (SSSR count). The van der Waals surface area contributed by atoms with Gasteiger partial charge >= 0.3 is 0 Å². The van der Waals surface area contributed by atoms with Crippen LogP contribution in [0.15, 0.2) is 60.4 Å². The lowest BCUT2D eigenvalue weighted by Crippen LogP contribution is -2.24. The molecule has 0 atom stereocenters. The van der Waals surface area contributed by atoms with Gasteiger partial charge in [-0.1, -0.05) is 17.6 Å². The van der Waals surface area contributed by atoms with E-state index in [9.17, 15) is 4.79 Å². The summed E-state index contributed by atoms with van der Waals surface area (Å²) < 4.78 is 0. The zero-order valence-corrected chi connectivity index (χ0v) is 15.9. The summed E-state index contributed by atoms with van der Waals surface area (Å²) in [6.07, 6.45) is 10.5. The van der Waals surface area contributed by atoms with Crippen LogP contribution < -0.4 is 16.0 Å². The monoisotopic (exact) mass is 383 g/mol. The molecule has 1 fully saturated rings. The van der Waals surface area contributed by atoms with Crippen LogP contribution in [0.5, 0.6) is 0 Å². The molecule has 1 aliphatic heterocycles. The maximum absolute atomic E-state index is 12.4. The van der Waals surface area contributed by atoms with Gasteiger partial charge in [0.2, 0.25) is 5.91 Å². The standard InChI is InChI=1S/C23H21N5O/c1-2-16-4-3-5-18(12-16)28-23-20-14-19(6-7-21(20)25-15-26-23)27-22(29)13-17-8-10-24-11-9-17/h1,3-7,12-15,24H,8-11H2,(H,27,29)(H,25,26,28). The molecule has 144 valence electrons. The summed E-state index contributed by atoms with van der Waals surface area (Å²) in [6.45, 7) is 1.84. The Hall–Kier alpha value is -3.69. The van der Waals surface area contributed by atoms with Crippen molar-refractivity contribution in [1.29, 1.82) is 0 Å². The molecule has 0 radical (unpaired) electrons. The molecule has 0 bridgehead atoms. The zero-order chi connectivity index (χ0) is 20.1. The zero-order valence-electron chi connectivity index (χ0n) is 15.9. The number of rotatable bonds is 4. The van der Waals surface area contributed by atoms with E-state index < -0.39 is 0 Å². The van der Waals surface area contributed by atoms with E-state index >= 15 is 0 Å². The van der Waals surface area contributed by atoms with Gasteiger partial charge in [0.25, 0.3) is 0 Å². The maximum atomic E-state index is 12.4. The minimum atomic E-state index is -0.116. The molecular weight excluding hydrogens is 362 g/mol. The van der Waals surface area contributed by atoms with E-state index in [0.29, 0.717) is 11.5 Å². The molecule has 3 aromatic rings. The third kappa shape index (κ3) is 4.60. The molecule has 6 nitrogen and oxygen atoms in total. The summed E-state index contributed by atoms with van der Waals surface area (Å²) in [7, 11) is 0. The summed E-state index contributed by atoms with van der Waals surface area (Å²) in [5.41, 5.74) is 4.27. The van der Waals surface area contributed by atoms with Crippen LogP contribution in [0.1, 0.15) is 18.4 Å². The lowest BCUT2D eigenvalue weighted by atomic mass is 10.1. The van der Waals surface area contributed by atoms with Gasteiger partial charge in [-0.3, -0.25) is 4.79 Å². The van der Waals surface area contributed by atoms with Crippen LogP contribution in [0.4, 0.5) is 17.2 Å². The number of hydrogen-bond donors (Lipinski definition) is 3. The molecule has 0 unspecified atom stereocenters. The quantitative estimate of drug-likeness (QED) is 0.474. The van der Waals surface area contributed by atoms with Gasteiger partial charge in [0, 0.05) is 28.4 Å². The first-order chi connectivity index (χ1) is 14.2. The van der Waals surface area contributed by atoms with E-state index in [-0.39, 0.29) is 5.91 Å². The first-order valence-corrected chi connectivity index (χ1v) is 9.51. The Balaban J connectivity index is 1.58. The Morgan fingerprint density at radius 1 is 1.10 bits per heavy atom. The molecule has 1 amide bonds. The Bertz CT molecular complexity index is 1120. The number of aromatic nitrogens is 2. The Morgan fingerprint density at radius 3 is 2.79 bits per heavy atom. The largest absolute Gasteiger partial charge is 0.340 e. The molecular formula is C23H21N5O. The number of piperidine rings is 1. The van der Waals surface area contributed by atoms with E-state index in [4.69, 9.17) is 6.42 Å². The third-order valence-electron chi connectivity index (χ3n) is 4.78. The Kier molecular flexibility index (Phi) is 5.50. The highest BCUT2D eigenvalue weighted by molar-refractivity contribution is 6.02. The normalized spacial score (nSPS) is 13.6. The van der Waals surface area contributed by atoms with Gasteiger partial charge < -0.3 is 16.0 Å². The summed E-state index contributed by atoms with van der Waals surface area (Å²) in [5, 5.41) is 10.3. The van der Waals surface area contributed by atoms with Crippen molar-refractivity contribution in [3.8, 4) is 12.3 Å². The number of nitrogens with zero attached hydrogens (tertiary/aromatic N) is 2. The number of benzene rings is 2. The van der Waals surface area contributed by atoms with Gasteiger partial charge in [-0.05, 0) is 62.3 Å². The average molecular weight is 383 g/mol. The average Bonchev–Trinajstić information content (AvgIpc) is 2.75. The van der Waals surface area contributed by atoms with Gasteiger partial charge in [-0.2, -0.15) is 0 Å². The Morgan fingerprint density at radius 2 is 1.97 bits per heavy atom. The number of hydrogen-bond acceptors (Lipinski definition) is 5. The van der Waals surface area contributed by atoms with Crippen molar-refractivity contribution in [3.63, 3.8) is 0 Å². The molecule has 3 N–H and O–H groups in total. The fraction of sp³-hybridized carbons (Fsp3) is 0.174. The van der Waals surface area contributed by atoms with E-state index in [1.807, 2.05) is 42.5 Å². The topological polar surface area (TPSA) is 78.9 Å². The van der Waals surface area contributed by atoms with Crippen LogP contribution in [0.25, 0.3) is 10.9 Å². The van der Waals surface area contributed by atoms with Crippen molar-refractivity contribution in [1.82, 2.24) is 15.3 Å². The summed E-state index contributed by atoms with van der Waals surface area (Å²) >= 11 is 0. The van der Waals surface area contributed by atoms with E-state index in [0.717, 1.165) is 48.1 Å².